The largest absolute Gasteiger partial charge is 0.365 e. The topological polar surface area (TPSA) is 133 Å². The predicted octanol–water partition coefficient (Wildman–Crippen LogP) is 5.88. The third-order valence-electron chi connectivity index (χ3n) is 6.58. The minimum Gasteiger partial charge on any atom is -0.365 e. The molecule has 0 aliphatic heterocycles. The van der Waals surface area contributed by atoms with Gasteiger partial charge in [0.25, 0.3) is 0 Å². The Morgan fingerprint density at radius 3 is 2.03 bits per heavy atom. The first-order valence-corrected chi connectivity index (χ1v) is 12.8. The molecule has 0 aliphatic rings. The van der Waals surface area contributed by atoms with Gasteiger partial charge < -0.3 is 20.6 Å². The molecule has 10 nitrogen and oxygen atoms in total. The summed E-state index contributed by atoms with van der Waals surface area (Å²) in [4.78, 5) is 33.0. The SMILES string of the molecule is CC(Cc1nc2c(N[C@@H](C)C(C)(C)C)nc(Cl)nc2[nH]1)[C@H](Nc1nc(Cl)nc2[nH]cnc12)C(C)(C)C. The van der Waals surface area contributed by atoms with Crippen molar-refractivity contribution in [3.8, 4) is 0 Å². The van der Waals surface area contributed by atoms with E-state index < -0.39 is 0 Å². The van der Waals surface area contributed by atoms with E-state index in [0.717, 1.165) is 5.82 Å². The lowest BCUT2D eigenvalue weighted by molar-refractivity contribution is 0.265. The van der Waals surface area contributed by atoms with Crippen molar-refractivity contribution in [2.24, 2.45) is 16.7 Å². The summed E-state index contributed by atoms with van der Waals surface area (Å²) in [7, 11) is 0. The highest BCUT2D eigenvalue weighted by Gasteiger charge is 2.32. The maximum absolute atomic E-state index is 6.24. The van der Waals surface area contributed by atoms with Crippen LogP contribution in [-0.4, -0.2) is 52.0 Å². The number of aromatic nitrogens is 8. The van der Waals surface area contributed by atoms with Gasteiger partial charge in [0.15, 0.2) is 28.4 Å². The Hall–Kier alpha value is -2.72. The van der Waals surface area contributed by atoms with E-state index in [0.29, 0.717) is 40.4 Å². The molecule has 0 radical (unpaired) electrons. The fourth-order valence-corrected chi connectivity index (χ4v) is 4.57. The van der Waals surface area contributed by atoms with Crippen LogP contribution in [0.5, 0.6) is 0 Å². The van der Waals surface area contributed by atoms with Gasteiger partial charge in [0.1, 0.15) is 11.3 Å². The van der Waals surface area contributed by atoms with E-state index in [1.165, 1.54) is 0 Å². The second-order valence-corrected chi connectivity index (χ2v) is 12.2. The van der Waals surface area contributed by atoms with E-state index in [1.807, 2.05) is 0 Å². The van der Waals surface area contributed by atoms with Crippen molar-refractivity contribution in [1.82, 2.24) is 39.9 Å². The van der Waals surface area contributed by atoms with Crippen LogP contribution in [0, 0.1) is 16.7 Å². The lowest BCUT2D eigenvalue weighted by Crippen LogP contribution is -2.41. The van der Waals surface area contributed by atoms with Gasteiger partial charge in [0, 0.05) is 18.5 Å². The molecule has 4 heterocycles. The molecule has 0 aromatic carbocycles. The molecule has 0 spiro atoms. The second kappa shape index (κ2) is 9.63. The Morgan fingerprint density at radius 2 is 1.42 bits per heavy atom. The van der Waals surface area contributed by atoms with Gasteiger partial charge >= 0.3 is 0 Å². The van der Waals surface area contributed by atoms with Gasteiger partial charge in [-0.3, -0.25) is 0 Å². The highest BCUT2D eigenvalue weighted by Crippen LogP contribution is 2.32. The summed E-state index contributed by atoms with van der Waals surface area (Å²) in [6, 6.07) is 0.170. The summed E-state index contributed by atoms with van der Waals surface area (Å²) in [5, 5.41) is 7.38. The summed E-state index contributed by atoms with van der Waals surface area (Å²) in [6.07, 6.45) is 2.25. The zero-order valence-corrected chi connectivity index (χ0v) is 23.5. The number of anilines is 2. The molecule has 4 N–H and O–H groups in total. The minimum absolute atomic E-state index is 0.0183. The van der Waals surface area contributed by atoms with E-state index in [4.69, 9.17) is 28.2 Å². The second-order valence-electron chi connectivity index (χ2n) is 11.6. The molecule has 1 unspecified atom stereocenters. The third kappa shape index (κ3) is 5.64. The molecule has 0 bridgehead atoms. The van der Waals surface area contributed by atoms with Gasteiger partial charge in [-0.2, -0.15) is 19.9 Å². The van der Waals surface area contributed by atoms with Crippen molar-refractivity contribution in [3.63, 3.8) is 0 Å². The minimum atomic E-state index is -0.108. The number of nitrogens with one attached hydrogen (secondary N) is 4. The van der Waals surface area contributed by atoms with Gasteiger partial charge in [-0.25, -0.2) is 9.97 Å². The molecule has 194 valence electrons. The number of rotatable bonds is 7. The predicted molar refractivity (Wildman–Crippen MR) is 146 cm³/mol. The lowest BCUT2D eigenvalue weighted by atomic mass is 9.78. The Bertz CT molecular complexity index is 1370. The number of fused-ring (bicyclic) bond motifs is 2. The first kappa shape index (κ1) is 26.3. The summed E-state index contributed by atoms with van der Waals surface area (Å²) in [5.74, 6) is 2.19. The fraction of sp³-hybridized carbons (Fsp3) is 0.583. The van der Waals surface area contributed by atoms with Crippen molar-refractivity contribution in [2.45, 2.75) is 73.9 Å². The zero-order chi connectivity index (χ0) is 26.4. The molecule has 4 aromatic rings. The Morgan fingerprint density at radius 1 is 0.806 bits per heavy atom. The van der Waals surface area contributed by atoms with Crippen LogP contribution >= 0.6 is 23.2 Å². The van der Waals surface area contributed by atoms with Crippen molar-refractivity contribution >= 4 is 57.2 Å². The number of hydrogen-bond acceptors (Lipinski definition) is 8. The number of H-pyrrole nitrogens is 2. The normalized spacial score (nSPS) is 15.3. The summed E-state index contributed by atoms with van der Waals surface area (Å²) >= 11 is 12.4. The number of halogens is 2. The monoisotopic (exact) mass is 532 g/mol. The third-order valence-corrected chi connectivity index (χ3v) is 6.92. The van der Waals surface area contributed by atoms with Crippen LogP contribution in [0.1, 0.15) is 61.2 Å². The van der Waals surface area contributed by atoms with E-state index in [9.17, 15) is 0 Å². The van der Waals surface area contributed by atoms with Gasteiger partial charge in [-0.1, -0.05) is 48.5 Å². The average Bonchev–Trinajstić information content (AvgIpc) is 3.36. The lowest BCUT2D eigenvalue weighted by Gasteiger charge is -2.36. The summed E-state index contributed by atoms with van der Waals surface area (Å²) in [6.45, 7) is 17.4. The highest BCUT2D eigenvalue weighted by atomic mass is 35.5. The van der Waals surface area contributed by atoms with Crippen molar-refractivity contribution in [3.05, 3.63) is 22.7 Å². The van der Waals surface area contributed by atoms with Gasteiger partial charge in [0.05, 0.1) is 6.33 Å². The van der Waals surface area contributed by atoms with Crippen LogP contribution in [-0.2, 0) is 6.42 Å². The zero-order valence-electron chi connectivity index (χ0n) is 22.0. The molecule has 12 heteroatoms. The van der Waals surface area contributed by atoms with E-state index in [2.05, 4.69) is 101 Å². The smallest absolute Gasteiger partial charge is 0.226 e. The highest BCUT2D eigenvalue weighted by molar-refractivity contribution is 6.29. The van der Waals surface area contributed by atoms with Crippen LogP contribution in [0.4, 0.5) is 11.6 Å². The first-order chi connectivity index (χ1) is 16.7. The average molecular weight is 534 g/mol. The van der Waals surface area contributed by atoms with Crippen molar-refractivity contribution < 1.29 is 0 Å². The Labute approximate surface area is 220 Å². The van der Waals surface area contributed by atoms with Crippen LogP contribution < -0.4 is 10.6 Å². The maximum Gasteiger partial charge on any atom is 0.226 e. The molecule has 4 rings (SSSR count). The van der Waals surface area contributed by atoms with E-state index in [1.54, 1.807) is 6.33 Å². The number of nitrogens with zero attached hydrogens (tertiary/aromatic N) is 6. The number of aromatic amines is 2. The summed E-state index contributed by atoms with van der Waals surface area (Å²) in [5.41, 5.74) is 2.46. The first-order valence-electron chi connectivity index (χ1n) is 12.0. The standard InChI is InChI=1S/C24H34Cl2N10/c1-11(16(24(6,7)8)32-18-14-17(28-10-27-14)33-21(25)34-18)9-13-30-15-19(29-12(2)23(3,4)5)35-22(26)36-20(15)31-13/h10-12,16H,9H2,1-8H3,(H2,27,28,32,33,34)(H2,29,30,31,35,36)/t11?,12-,16-/m0/s1. The molecular formula is C24H34Cl2N10. The van der Waals surface area contributed by atoms with Crippen LogP contribution in [0.15, 0.2) is 6.33 Å². The number of imidazole rings is 2. The maximum atomic E-state index is 6.24. The molecule has 36 heavy (non-hydrogen) atoms. The summed E-state index contributed by atoms with van der Waals surface area (Å²) < 4.78 is 0. The Kier molecular flexibility index (Phi) is 7.04. The fourth-order valence-electron chi connectivity index (χ4n) is 4.23. The Balaban J connectivity index is 1.62. The molecule has 0 saturated carbocycles. The van der Waals surface area contributed by atoms with Crippen molar-refractivity contribution in [1.29, 1.82) is 0 Å². The van der Waals surface area contributed by atoms with Gasteiger partial charge in [-0.15, -0.1) is 0 Å². The number of hydrogen-bond donors (Lipinski definition) is 4. The van der Waals surface area contributed by atoms with Crippen LogP contribution in [0.2, 0.25) is 10.6 Å². The molecule has 3 atom stereocenters. The van der Waals surface area contributed by atoms with Crippen LogP contribution in [0.3, 0.4) is 0 Å². The molecule has 0 aliphatic carbocycles. The van der Waals surface area contributed by atoms with Gasteiger partial charge in [0.2, 0.25) is 10.6 Å². The molecule has 4 aromatic heterocycles. The molecule has 0 saturated heterocycles. The van der Waals surface area contributed by atoms with E-state index >= 15 is 0 Å². The quantitative estimate of drug-likeness (QED) is 0.217. The van der Waals surface area contributed by atoms with Gasteiger partial charge in [-0.05, 0) is 46.9 Å². The molecule has 0 amide bonds. The molecule has 0 fully saturated rings. The molecular weight excluding hydrogens is 499 g/mol. The van der Waals surface area contributed by atoms with E-state index in [-0.39, 0.29) is 39.4 Å². The van der Waals surface area contributed by atoms with Crippen LogP contribution in [0.25, 0.3) is 22.3 Å². The van der Waals surface area contributed by atoms with Crippen molar-refractivity contribution in [2.75, 3.05) is 10.6 Å².